The summed E-state index contributed by atoms with van der Waals surface area (Å²) in [6.07, 6.45) is 0. The SMILES string of the molecule is CC(C)c1ccc(COc2ccc(C(=O)O)cc2)cc1. The molecule has 2 aromatic rings. The van der Waals surface area contributed by atoms with E-state index < -0.39 is 5.97 Å². The van der Waals surface area contributed by atoms with E-state index >= 15 is 0 Å². The van der Waals surface area contributed by atoms with Gasteiger partial charge in [-0.2, -0.15) is 0 Å². The van der Waals surface area contributed by atoms with Crippen LogP contribution in [0.25, 0.3) is 0 Å². The molecule has 2 aromatic carbocycles. The van der Waals surface area contributed by atoms with E-state index in [-0.39, 0.29) is 5.56 Å². The van der Waals surface area contributed by atoms with Gasteiger partial charge in [0.15, 0.2) is 0 Å². The van der Waals surface area contributed by atoms with Crippen LogP contribution < -0.4 is 4.74 Å². The zero-order valence-corrected chi connectivity index (χ0v) is 11.7. The summed E-state index contributed by atoms with van der Waals surface area (Å²) >= 11 is 0. The molecule has 0 aliphatic heterocycles. The summed E-state index contributed by atoms with van der Waals surface area (Å²) < 4.78 is 5.63. The predicted octanol–water partition coefficient (Wildman–Crippen LogP) is 4.09. The third kappa shape index (κ3) is 3.60. The molecule has 1 N–H and O–H groups in total. The molecular formula is C17H18O3. The highest BCUT2D eigenvalue weighted by atomic mass is 16.5. The molecule has 0 heterocycles. The van der Waals surface area contributed by atoms with Crippen LogP contribution in [0.2, 0.25) is 0 Å². The van der Waals surface area contributed by atoms with Gasteiger partial charge >= 0.3 is 5.97 Å². The van der Waals surface area contributed by atoms with Crippen molar-refractivity contribution in [3.63, 3.8) is 0 Å². The zero-order valence-electron chi connectivity index (χ0n) is 11.7. The number of rotatable bonds is 5. The van der Waals surface area contributed by atoms with E-state index in [1.54, 1.807) is 24.3 Å². The first-order valence-corrected chi connectivity index (χ1v) is 6.61. The maximum absolute atomic E-state index is 10.7. The lowest BCUT2D eigenvalue weighted by atomic mass is 10.0. The van der Waals surface area contributed by atoms with Gasteiger partial charge in [0.25, 0.3) is 0 Å². The third-order valence-corrected chi connectivity index (χ3v) is 3.15. The highest BCUT2D eigenvalue weighted by molar-refractivity contribution is 5.87. The number of carboxylic acids is 1. The normalized spacial score (nSPS) is 10.6. The largest absolute Gasteiger partial charge is 0.489 e. The average molecular weight is 270 g/mol. The lowest BCUT2D eigenvalue weighted by Crippen LogP contribution is -1.98. The summed E-state index contributed by atoms with van der Waals surface area (Å²) in [4.78, 5) is 10.7. The second kappa shape index (κ2) is 6.24. The summed E-state index contributed by atoms with van der Waals surface area (Å²) in [7, 11) is 0. The van der Waals surface area contributed by atoms with Crippen LogP contribution in [-0.2, 0) is 6.61 Å². The van der Waals surface area contributed by atoms with Crippen molar-refractivity contribution in [1.82, 2.24) is 0 Å². The van der Waals surface area contributed by atoms with Crippen LogP contribution >= 0.6 is 0 Å². The van der Waals surface area contributed by atoms with Crippen molar-refractivity contribution < 1.29 is 14.6 Å². The minimum absolute atomic E-state index is 0.263. The smallest absolute Gasteiger partial charge is 0.335 e. The van der Waals surface area contributed by atoms with Gasteiger partial charge in [-0.15, -0.1) is 0 Å². The van der Waals surface area contributed by atoms with E-state index in [1.807, 2.05) is 0 Å². The first-order valence-electron chi connectivity index (χ1n) is 6.61. The molecule has 0 aliphatic carbocycles. The number of aromatic carboxylic acids is 1. The highest BCUT2D eigenvalue weighted by Crippen LogP contribution is 2.17. The monoisotopic (exact) mass is 270 g/mol. The van der Waals surface area contributed by atoms with Gasteiger partial charge in [-0.1, -0.05) is 38.1 Å². The Kier molecular flexibility index (Phi) is 4.41. The Bertz CT molecular complexity index is 568. The van der Waals surface area contributed by atoms with Gasteiger partial charge in [0.2, 0.25) is 0 Å². The Labute approximate surface area is 118 Å². The van der Waals surface area contributed by atoms with Gasteiger partial charge in [0.05, 0.1) is 5.56 Å². The van der Waals surface area contributed by atoms with Crippen LogP contribution in [0.5, 0.6) is 5.75 Å². The molecule has 2 rings (SSSR count). The molecule has 0 aliphatic rings. The number of benzene rings is 2. The highest BCUT2D eigenvalue weighted by Gasteiger charge is 2.03. The predicted molar refractivity (Wildman–Crippen MR) is 78.3 cm³/mol. The maximum atomic E-state index is 10.7. The van der Waals surface area contributed by atoms with Crippen molar-refractivity contribution in [2.45, 2.75) is 26.4 Å². The van der Waals surface area contributed by atoms with Gasteiger partial charge < -0.3 is 9.84 Å². The fourth-order valence-corrected chi connectivity index (χ4v) is 1.86. The first kappa shape index (κ1) is 14.1. The van der Waals surface area contributed by atoms with Crippen LogP contribution in [0.15, 0.2) is 48.5 Å². The summed E-state index contributed by atoms with van der Waals surface area (Å²) in [6.45, 7) is 4.80. The van der Waals surface area contributed by atoms with Crippen molar-refractivity contribution >= 4 is 5.97 Å². The van der Waals surface area contributed by atoms with Gasteiger partial charge in [-0.3, -0.25) is 0 Å². The van der Waals surface area contributed by atoms with Gasteiger partial charge in [0, 0.05) is 0 Å². The molecule has 0 bridgehead atoms. The zero-order chi connectivity index (χ0) is 14.5. The second-order valence-corrected chi connectivity index (χ2v) is 5.01. The summed E-state index contributed by atoms with van der Waals surface area (Å²) in [5.74, 6) is 0.261. The third-order valence-electron chi connectivity index (χ3n) is 3.15. The van der Waals surface area contributed by atoms with Gasteiger partial charge in [-0.25, -0.2) is 4.79 Å². The molecule has 0 aromatic heterocycles. The number of carboxylic acid groups (broad SMARTS) is 1. The van der Waals surface area contributed by atoms with Crippen molar-refractivity contribution in [1.29, 1.82) is 0 Å². The van der Waals surface area contributed by atoms with Crippen LogP contribution in [-0.4, -0.2) is 11.1 Å². The average Bonchev–Trinajstić information content (AvgIpc) is 2.46. The Balaban J connectivity index is 1.96. The minimum Gasteiger partial charge on any atom is -0.489 e. The van der Waals surface area contributed by atoms with E-state index in [0.717, 1.165) is 5.56 Å². The van der Waals surface area contributed by atoms with Crippen molar-refractivity contribution in [2.24, 2.45) is 0 Å². The molecule has 0 saturated heterocycles. The fourth-order valence-electron chi connectivity index (χ4n) is 1.86. The van der Waals surface area contributed by atoms with Crippen LogP contribution in [0, 0.1) is 0 Å². The molecule has 0 fully saturated rings. The minimum atomic E-state index is -0.930. The lowest BCUT2D eigenvalue weighted by molar-refractivity contribution is 0.0697. The summed E-state index contributed by atoms with van der Waals surface area (Å²) in [5.41, 5.74) is 2.66. The quantitative estimate of drug-likeness (QED) is 0.890. The Morgan fingerprint density at radius 2 is 1.65 bits per heavy atom. The number of hydrogen-bond donors (Lipinski definition) is 1. The second-order valence-electron chi connectivity index (χ2n) is 5.01. The molecule has 3 heteroatoms. The molecule has 0 unspecified atom stereocenters. The number of ether oxygens (including phenoxy) is 1. The van der Waals surface area contributed by atoms with Crippen molar-refractivity contribution in [3.05, 3.63) is 65.2 Å². The molecule has 104 valence electrons. The summed E-state index contributed by atoms with van der Waals surface area (Å²) in [5, 5.41) is 8.81. The molecular weight excluding hydrogens is 252 g/mol. The molecule has 0 radical (unpaired) electrons. The van der Waals surface area contributed by atoms with Gasteiger partial charge in [0.1, 0.15) is 12.4 Å². The summed E-state index contributed by atoms with van der Waals surface area (Å²) in [6, 6.07) is 14.8. The van der Waals surface area contributed by atoms with E-state index in [9.17, 15) is 4.79 Å². The molecule has 20 heavy (non-hydrogen) atoms. The number of carbonyl (C=O) groups is 1. The van der Waals surface area contributed by atoms with E-state index in [4.69, 9.17) is 9.84 Å². The van der Waals surface area contributed by atoms with E-state index in [0.29, 0.717) is 18.3 Å². The fraction of sp³-hybridized carbons (Fsp3) is 0.235. The molecule has 3 nitrogen and oxygen atoms in total. The molecule has 0 atom stereocenters. The molecule has 0 saturated carbocycles. The lowest BCUT2D eigenvalue weighted by Gasteiger charge is -2.09. The van der Waals surface area contributed by atoms with Crippen molar-refractivity contribution in [2.75, 3.05) is 0 Å². The topological polar surface area (TPSA) is 46.5 Å². The van der Waals surface area contributed by atoms with Gasteiger partial charge in [-0.05, 0) is 41.3 Å². The standard InChI is InChI=1S/C17H18O3/c1-12(2)14-5-3-13(4-6-14)11-20-16-9-7-15(8-10-16)17(18)19/h3-10,12H,11H2,1-2H3,(H,18,19). The first-order chi connectivity index (χ1) is 9.56. The van der Waals surface area contributed by atoms with Crippen LogP contribution in [0.3, 0.4) is 0 Å². The van der Waals surface area contributed by atoms with E-state index in [1.165, 1.54) is 5.56 Å². The molecule has 0 amide bonds. The van der Waals surface area contributed by atoms with E-state index in [2.05, 4.69) is 38.1 Å². The Hall–Kier alpha value is -2.29. The Morgan fingerprint density at radius 3 is 2.15 bits per heavy atom. The molecule has 0 spiro atoms. The van der Waals surface area contributed by atoms with Crippen LogP contribution in [0.4, 0.5) is 0 Å². The van der Waals surface area contributed by atoms with Crippen LogP contribution in [0.1, 0.15) is 41.3 Å². The maximum Gasteiger partial charge on any atom is 0.335 e. The van der Waals surface area contributed by atoms with Crippen molar-refractivity contribution in [3.8, 4) is 5.75 Å². The Morgan fingerprint density at radius 1 is 1.05 bits per heavy atom. The number of hydrogen-bond acceptors (Lipinski definition) is 2.